The van der Waals surface area contributed by atoms with E-state index in [2.05, 4.69) is 15.0 Å². The van der Waals surface area contributed by atoms with E-state index >= 15 is 0 Å². The second-order valence-corrected chi connectivity index (χ2v) is 6.79. The molecule has 0 spiro atoms. The second-order valence-electron chi connectivity index (χ2n) is 5.04. The maximum Gasteiger partial charge on any atom is 0.249 e. The molecule has 6 nitrogen and oxygen atoms in total. The number of hydrogen-bond donors (Lipinski definition) is 2. The number of aryl methyl sites for hydroxylation is 1. The van der Waals surface area contributed by atoms with Crippen LogP contribution in [0.25, 0.3) is 6.08 Å². The first-order chi connectivity index (χ1) is 10.8. The molecule has 1 aromatic carbocycles. The van der Waals surface area contributed by atoms with E-state index in [0.717, 1.165) is 17.4 Å². The van der Waals surface area contributed by atoms with Crippen molar-refractivity contribution in [2.24, 2.45) is 0 Å². The van der Waals surface area contributed by atoms with Crippen LogP contribution < -0.4 is 10.0 Å². The summed E-state index contributed by atoms with van der Waals surface area (Å²) in [6.45, 7) is 1.92. The van der Waals surface area contributed by atoms with Crippen molar-refractivity contribution >= 4 is 33.5 Å². The van der Waals surface area contributed by atoms with Crippen molar-refractivity contribution in [2.75, 3.05) is 16.3 Å². The zero-order chi connectivity index (χ0) is 16.9. The van der Waals surface area contributed by atoms with Gasteiger partial charge in [-0.15, -0.1) is 0 Å². The quantitative estimate of drug-likeness (QED) is 0.824. The average molecular weight is 331 g/mol. The molecule has 7 heteroatoms. The van der Waals surface area contributed by atoms with Gasteiger partial charge in [-0.1, -0.05) is 18.2 Å². The Morgan fingerprint density at radius 3 is 2.39 bits per heavy atom. The molecule has 0 atom stereocenters. The van der Waals surface area contributed by atoms with Crippen molar-refractivity contribution in [2.45, 2.75) is 6.92 Å². The first-order valence-corrected chi connectivity index (χ1v) is 8.70. The monoisotopic (exact) mass is 331 g/mol. The van der Waals surface area contributed by atoms with Crippen molar-refractivity contribution in [3.63, 3.8) is 0 Å². The molecule has 0 saturated heterocycles. The van der Waals surface area contributed by atoms with Gasteiger partial charge in [0, 0.05) is 18.0 Å². The number of sulfonamides is 1. The molecule has 0 saturated carbocycles. The number of nitrogens with zero attached hydrogens (tertiary/aromatic N) is 1. The number of nitrogens with one attached hydrogen (secondary N) is 2. The summed E-state index contributed by atoms with van der Waals surface area (Å²) in [5.41, 5.74) is 2.26. The maximum atomic E-state index is 11.8. The predicted octanol–water partition coefficient (Wildman–Crippen LogP) is 2.41. The smallest absolute Gasteiger partial charge is 0.249 e. The molecule has 1 amide bonds. The third-order valence-corrected chi connectivity index (χ3v) is 3.41. The number of amides is 1. The topological polar surface area (TPSA) is 88.2 Å². The van der Waals surface area contributed by atoms with Gasteiger partial charge in [0.2, 0.25) is 15.9 Å². The lowest BCUT2D eigenvalue weighted by atomic mass is 10.2. The molecule has 0 bridgehead atoms. The number of benzene rings is 1. The van der Waals surface area contributed by atoms with Crippen LogP contribution in [-0.4, -0.2) is 25.6 Å². The summed E-state index contributed by atoms with van der Waals surface area (Å²) in [7, 11) is -3.29. The van der Waals surface area contributed by atoms with Crippen LogP contribution in [0, 0.1) is 6.92 Å². The maximum absolute atomic E-state index is 11.8. The van der Waals surface area contributed by atoms with Crippen LogP contribution >= 0.6 is 0 Å². The zero-order valence-electron chi connectivity index (χ0n) is 12.8. The van der Waals surface area contributed by atoms with Gasteiger partial charge in [-0.05, 0) is 42.3 Å². The summed E-state index contributed by atoms with van der Waals surface area (Å²) < 4.78 is 24.6. The molecule has 1 heterocycles. The van der Waals surface area contributed by atoms with Crippen LogP contribution in [0.4, 0.5) is 11.5 Å². The third-order valence-electron chi connectivity index (χ3n) is 2.80. The van der Waals surface area contributed by atoms with E-state index in [-0.39, 0.29) is 5.91 Å². The Kier molecular flexibility index (Phi) is 5.13. The lowest BCUT2D eigenvalue weighted by Gasteiger charge is -2.03. The molecule has 0 aliphatic heterocycles. The molecule has 2 aromatic rings. The van der Waals surface area contributed by atoms with Crippen molar-refractivity contribution in [1.29, 1.82) is 0 Å². The van der Waals surface area contributed by atoms with Gasteiger partial charge >= 0.3 is 0 Å². The molecule has 0 radical (unpaired) electrons. The first kappa shape index (κ1) is 16.7. The fourth-order valence-corrected chi connectivity index (χ4v) is 2.32. The number of hydrogen-bond acceptors (Lipinski definition) is 4. The standard InChI is InChI=1S/C16H17N3O3S/c1-12-3-9-15(17-11-12)18-16(20)10-6-13-4-7-14(8-5-13)19-23(2,21)22/h3-11,19H,1-2H3,(H,17,18,20)/b10-6-. The summed E-state index contributed by atoms with van der Waals surface area (Å²) in [6, 6.07) is 10.3. The van der Waals surface area contributed by atoms with E-state index in [4.69, 9.17) is 0 Å². The summed E-state index contributed by atoms with van der Waals surface area (Å²) in [4.78, 5) is 15.9. The minimum atomic E-state index is -3.29. The SMILES string of the molecule is Cc1ccc(NC(=O)/C=C\c2ccc(NS(C)(=O)=O)cc2)nc1. The van der Waals surface area contributed by atoms with E-state index in [1.807, 2.05) is 13.0 Å². The average Bonchev–Trinajstić information content (AvgIpc) is 2.47. The predicted molar refractivity (Wildman–Crippen MR) is 91.5 cm³/mol. The Hall–Kier alpha value is -2.67. The van der Waals surface area contributed by atoms with Crippen LogP contribution in [0.2, 0.25) is 0 Å². The fraction of sp³-hybridized carbons (Fsp3) is 0.125. The first-order valence-electron chi connectivity index (χ1n) is 6.81. The van der Waals surface area contributed by atoms with Gasteiger partial charge in [0.05, 0.1) is 6.26 Å². The largest absolute Gasteiger partial charge is 0.307 e. The summed E-state index contributed by atoms with van der Waals surface area (Å²) in [5.74, 6) is 0.192. The molecule has 0 unspecified atom stereocenters. The van der Waals surface area contributed by atoms with Gasteiger partial charge in [-0.3, -0.25) is 9.52 Å². The molecule has 1 aromatic heterocycles. The van der Waals surface area contributed by atoms with Crippen molar-refractivity contribution in [3.8, 4) is 0 Å². The van der Waals surface area contributed by atoms with E-state index in [0.29, 0.717) is 11.5 Å². The Morgan fingerprint density at radius 1 is 1.13 bits per heavy atom. The third kappa shape index (κ3) is 5.91. The minimum absolute atomic E-state index is 0.292. The molecule has 2 rings (SSSR count). The zero-order valence-corrected chi connectivity index (χ0v) is 13.6. The van der Waals surface area contributed by atoms with Crippen LogP contribution in [0.3, 0.4) is 0 Å². The van der Waals surface area contributed by atoms with Crippen LogP contribution in [0.5, 0.6) is 0 Å². The second kappa shape index (κ2) is 7.06. The Labute approximate surface area is 135 Å². The molecule has 2 N–H and O–H groups in total. The van der Waals surface area contributed by atoms with Gasteiger partial charge in [-0.2, -0.15) is 0 Å². The van der Waals surface area contributed by atoms with Crippen molar-refractivity contribution < 1.29 is 13.2 Å². The lowest BCUT2D eigenvalue weighted by Crippen LogP contribution is -2.09. The number of pyridine rings is 1. The van der Waals surface area contributed by atoms with Crippen molar-refractivity contribution in [1.82, 2.24) is 4.98 Å². The van der Waals surface area contributed by atoms with Gasteiger partial charge < -0.3 is 5.32 Å². The molecular formula is C16H17N3O3S. The number of anilines is 2. The molecule has 23 heavy (non-hydrogen) atoms. The molecular weight excluding hydrogens is 314 g/mol. The van der Waals surface area contributed by atoms with Crippen LogP contribution in [-0.2, 0) is 14.8 Å². The minimum Gasteiger partial charge on any atom is -0.307 e. The van der Waals surface area contributed by atoms with Crippen LogP contribution in [0.1, 0.15) is 11.1 Å². The van der Waals surface area contributed by atoms with E-state index in [1.165, 1.54) is 6.08 Å². The highest BCUT2D eigenvalue weighted by atomic mass is 32.2. The van der Waals surface area contributed by atoms with E-state index < -0.39 is 10.0 Å². The summed E-state index contributed by atoms with van der Waals surface area (Å²) in [5, 5.41) is 2.65. The number of aromatic nitrogens is 1. The Balaban J connectivity index is 1.96. The molecule has 0 fully saturated rings. The van der Waals surface area contributed by atoms with Gasteiger partial charge in [0.15, 0.2) is 0 Å². The molecule has 120 valence electrons. The highest BCUT2D eigenvalue weighted by Crippen LogP contribution is 2.12. The normalized spacial score (nSPS) is 11.4. The fourth-order valence-electron chi connectivity index (χ4n) is 1.76. The molecule has 0 aliphatic carbocycles. The van der Waals surface area contributed by atoms with E-state index in [9.17, 15) is 13.2 Å². The Morgan fingerprint density at radius 2 is 1.83 bits per heavy atom. The highest BCUT2D eigenvalue weighted by molar-refractivity contribution is 7.92. The van der Waals surface area contributed by atoms with Crippen molar-refractivity contribution in [3.05, 3.63) is 59.8 Å². The number of carbonyl (C=O) groups is 1. The Bertz CT molecular complexity index is 811. The summed E-state index contributed by atoms with van der Waals surface area (Å²) in [6.07, 6.45) is 5.78. The highest BCUT2D eigenvalue weighted by Gasteiger charge is 2.01. The number of carbonyl (C=O) groups excluding carboxylic acids is 1. The molecule has 0 aliphatic rings. The van der Waals surface area contributed by atoms with Gasteiger partial charge in [0.1, 0.15) is 5.82 Å². The van der Waals surface area contributed by atoms with Crippen LogP contribution in [0.15, 0.2) is 48.7 Å². The van der Waals surface area contributed by atoms with E-state index in [1.54, 1.807) is 42.6 Å². The van der Waals surface area contributed by atoms with Gasteiger partial charge in [0.25, 0.3) is 0 Å². The van der Waals surface area contributed by atoms with Gasteiger partial charge in [-0.25, -0.2) is 13.4 Å². The number of rotatable bonds is 5. The lowest BCUT2D eigenvalue weighted by molar-refractivity contribution is -0.111. The summed E-state index contributed by atoms with van der Waals surface area (Å²) >= 11 is 0.